The van der Waals surface area contributed by atoms with Crippen LogP contribution in [0.3, 0.4) is 0 Å². The van der Waals surface area contributed by atoms with E-state index < -0.39 is 24.1 Å². The van der Waals surface area contributed by atoms with Gasteiger partial charge in [-0.25, -0.2) is 4.79 Å². The van der Waals surface area contributed by atoms with E-state index in [-0.39, 0.29) is 5.56 Å². The summed E-state index contributed by atoms with van der Waals surface area (Å²) in [6, 6.07) is 16.5. The van der Waals surface area contributed by atoms with Crippen LogP contribution in [-0.2, 0) is 22.5 Å². The van der Waals surface area contributed by atoms with Crippen LogP contribution >= 0.6 is 0 Å². The maximum absolute atomic E-state index is 13.1. The van der Waals surface area contributed by atoms with Gasteiger partial charge in [0, 0.05) is 18.0 Å². The number of benzene rings is 2. The van der Waals surface area contributed by atoms with E-state index in [0.717, 1.165) is 22.3 Å². The van der Waals surface area contributed by atoms with Crippen molar-refractivity contribution >= 4 is 11.9 Å². The zero-order valence-electron chi connectivity index (χ0n) is 16.2. The molecule has 0 fully saturated rings. The minimum Gasteiger partial charge on any atom is -0.329 e. The Kier molecular flexibility index (Phi) is 5.46. The molecule has 158 valence electrons. The second-order valence-corrected chi connectivity index (χ2v) is 7.15. The van der Waals surface area contributed by atoms with Gasteiger partial charge < -0.3 is 4.84 Å². The smallest absolute Gasteiger partial charge is 0.329 e. The van der Waals surface area contributed by atoms with Crippen LogP contribution in [0.4, 0.5) is 13.2 Å². The van der Waals surface area contributed by atoms with Gasteiger partial charge in [-0.3, -0.25) is 9.78 Å². The molecular weight excluding hydrogens is 409 g/mol. The molecule has 0 radical (unpaired) electrons. The van der Waals surface area contributed by atoms with E-state index in [4.69, 9.17) is 0 Å². The minimum atomic E-state index is -5.21. The molecule has 4 rings (SSSR count). The van der Waals surface area contributed by atoms with Crippen molar-refractivity contribution in [2.24, 2.45) is 0 Å². The van der Waals surface area contributed by atoms with Gasteiger partial charge in [0.15, 0.2) is 0 Å². The fraction of sp³-hybridized carbons (Fsp3) is 0.174. The lowest BCUT2D eigenvalue weighted by molar-refractivity contribution is -0.233. The van der Waals surface area contributed by atoms with Gasteiger partial charge in [-0.05, 0) is 59.4 Å². The van der Waals surface area contributed by atoms with Crippen LogP contribution in [0.25, 0.3) is 11.1 Å². The minimum absolute atomic E-state index is 0.115. The highest BCUT2D eigenvalue weighted by Gasteiger charge is 2.45. The molecule has 1 aromatic heterocycles. The van der Waals surface area contributed by atoms with Gasteiger partial charge >= 0.3 is 12.1 Å². The first-order valence-corrected chi connectivity index (χ1v) is 9.53. The standard InChI is InChI=1S/C23H17F3N2O3/c24-23(25,26)22(30)31-28(20-13-18-3-1-2-4-19(18)14-20)21(29)17-7-5-15(6-8-17)16-9-11-27-12-10-16/h1-12,20H,13-14H2. The van der Waals surface area contributed by atoms with E-state index in [9.17, 15) is 22.8 Å². The van der Waals surface area contributed by atoms with Gasteiger partial charge in [0.05, 0.1) is 6.04 Å². The number of aromatic nitrogens is 1. The Bertz CT molecular complexity index is 1070. The fourth-order valence-electron chi connectivity index (χ4n) is 3.60. The molecule has 1 aliphatic carbocycles. The summed E-state index contributed by atoms with van der Waals surface area (Å²) in [7, 11) is 0. The molecule has 0 aliphatic heterocycles. The molecule has 31 heavy (non-hydrogen) atoms. The van der Waals surface area contributed by atoms with Crippen molar-refractivity contribution in [3.63, 3.8) is 0 Å². The summed E-state index contributed by atoms with van der Waals surface area (Å²) in [5.74, 6) is -3.23. The van der Waals surface area contributed by atoms with E-state index in [1.807, 2.05) is 24.3 Å². The molecule has 0 spiro atoms. The predicted octanol–water partition coefficient (Wildman–Crippen LogP) is 4.38. The molecule has 5 nitrogen and oxygen atoms in total. The van der Waals surface area contributed by atoms with Crippen LogP contribution in [0.1, 0.15) is 21.5 Å². The number of rotatable bonds is 3. The maximum atomic E-state index is 13.1. The third-order valence-corrected chi connectivity index (χ3v) is 5.12. The zero-order chi connectivity index (χ0) is 22.0. The Morgan fingerprint density at radius 3 is 1.97 bits per heavy atom. The van der Waals surface area contributed by atoms with E-state index in [1.54, 1.807) is 36.7 Å². The molecule has 0 N–H and O–H groups in total. The molecular formula is C23H17F3N2O3. The van der Waals surface area contributed by atoms with Gasteiger partial charge in [0.2, 0.25) is 0 Å². The summed E-state index contributed by atoms with van der Waals surface area (Å²) < 4.78 is 38.5. The quantitative estimate of drug-likeness (QED) is 0.584. The summed E-state index contributed by atoms with van der Waals surface area (Å²) in [5.41, 5.74) is 3.61. The summed E-state index contributed by atoms with van der Waals surface area (Å²) in [4.78, 5) is 33.1. The fourth-order valence-corrected chi connectivity index (χ4v) is 3.60. The van der Waals surface area contributed by atoms with E-state index in [2.05, 4.69) is 9.82 Å². The molecule has 2 aromatic carbocycles. The van der Waals surface area contributed by atoms with E-state index in [0.29, 0.717) is 17.9 Å². The van der Waals surface area contributed by atoms with Crippen LogP contribution in [0.5, 0.6) is 0 Å². The van der Waals surface area contributed by atoms with Crippen LogP contribution in [-0.4, -0.2) is 34.1 Å². The number of nitrogens with zero attached hydrogens (tertiary/aromatic N) is 2. The van der Waals surface area contributed by atoms with Crippen molar-refractivity contribution in [1.29, 1.82) is 0 Å². The van der Waals surface area contributed by atoms with Crippen LogP contribution in [0.15, 0.2) is 73.1 Å². The Morgan fingerprint density at radius 1 is 0.871 bits per heavy atom. The molecule has 1 heterocycles. The third-order valence-electron chi connectivity index (χ3n) is 5.12. The number of pyridine rings is 1. The number of fused-ring (bicyclic) bond motifs is 1. The summed E-state index contributed by atoms with van der Waals surface area (Å²) in [6.07, 6.45) is -1.37. The highest BCUT2D eigenvalue weighted by atomic mass is 19.4. The number of alkyl halides is 3. The maximum Gasteiger partial charge on any atom is 0.493 e. The van der Waals surface area contributed by atoms with Gasteiger partial charge in [0.1, 0.15) is 0 Å². The number of hydrogen-bond acceptors (Lipinski definition) is 4. The average molecular weight is 426 g/mol. The number of carbonyl (C=O) groups excluding carboxylic acids is 2. The van der Waals surface area contributed by atoms with E-state index >= 15 is 0 Å². The van der Waals surface area contributed by atoms with Crippen molar-refractivity contribution in [2.75, 3.05) is 0 Å². The molecule has 3 aromatic rings. The van der Waals surface area contributed by atoms with Crippen molar-refractivity contribution in [3.05, 3.63) is 89.7 Å². The molecule has 0 unspecified atom stereocenters. The first kappa shape index (κ1) is 20.6. The molecule has 1 aliphatic rings. The second-order valence-electron chi connectivity index (χ2n) is 7.15. The van der Waals surface area contributed by atoms with Gasteiger partial charge in [-0.15, -0.1) is 0 Å². The van der Waals surface area contributed by atoms with E-state index in [1.165, 1.54) is 12.1 Å². The Balaban J connectivity index is 1.60. The number of hydroxylamine groups is 2. The van der Waals surface area contributed by atoms with Gasteiger partial charge in [-0.1, -0.05) is 36.4 Å². The molecule has 0 bridgehead atoms. The summed E-state index contributed by atoms with van der Waals surface area (Å²) >= 11 is 0. The lowest BCUT2D eigenvalue weighted by Crippen LogP contribution is -2.45. The molecule has 0 saturated carbocycles. The van der Waals surface area contributed by atoms with Crippen LogP contribution in [0.2, 0.25) is 0 Å². The normalized spacial score (nSPS) is 13.5. The zero-order valence-corrected chi connectivity index (χ0v) is 16.2. The number of amides is 1. The first-order chi connectivity index (χ1) is 14.8. The van der Waals surface area contributed by atoms with Crippen LogP contribution < -0.4 is 0 Å². The molecule has 1 amide bonds. The third kappa shape index (κ3) is 4.42. The first-order valence-electron chi connectivity index (χ1n) is 9.53. The monoisotopic (exact) mass is 426 g/mol. The van der Waals surface area contributed by atoms with Crippen molar-refractivity contribution < 1.29 is 27.6 Å². The lowest BCUT2D eigenvalue weighted by atomic mass is 10.0. The number of halogens is 3. The number of carbonyl (C=O) groups is 2. The highest BCUT2D eigenvalue weighted by Crippen LogP contribution is 2.29. The molecule has 0 atom stereocenters. The van der Waals surface area contributed by atoms with Gasteiger partial charge in [0.25, 0.3) is 5.91 Å². The average Bonchev–Trinajstić information content (AvgIpc) is 3.21. The summed E-state index contributed by atoms with van der Waals surface area (Å²) in [5, 5.41) is 0.567. The Hall–Kier alpha value is -3.68. The highest BCUT2D eigenvalue weighted by molar-refractivity contribution is 5.95. The SMILES string of the molecule is O=C(c1ccc(-c2ccncc2)cc1)N(OC(=O)C(F)(F)F)C1Cc2ccccc2C1. The predicted molar refractivity (Wildman–Crippen MR) is 106 cm³/mol. The largest absolute Gasteiger partial charge is 0.493 e. The number of hydrogen-bond donors (Lipinski definition) is 0. The molecule has 8 heteroatoms. The lowest BCUT2D eigenvalue weighted by Gasteiger charge is -2.27. The van der Waals surface area contributed by atoms with Gasteiger partial charge in [-0.2, -0.15) is 18.2 Å². The van der Waals surface area contributed by atoms with Crippen LogP contribution in [0, 0.1) is 0 Å². The summed E-state index contributed by atoms with van der Waals surface area (Å²) in [6.45, 7) is 0. The van der Waals surface area contributed by atoms with Crippen molar-refractivity contribution in [2.45, 2.75) is 25.1 Å². The Morgan fingerprint density at radius 2 is 1.42 bits per heavy atom. The second kappa shape index (κ2) is 8.22. The topological polar surface area (TPSA) is 59.5 Å². The van der Waals surface area contributed by atoms with Crippen molar-refractivity contribution in [3.8, 4) is 11.1 Å². The van der Waals surface area contributed by atoms with Crippen molar-refractivity contribution in [1.82, 2.24) is 10.0 Å². The molecule has 0 saturated heterocycles. The Labute approximate surface area is 176 Å².